The van der Waals surface area contributed by atoms with Crippen molar-refractivity contribution in [3.05, 3.63) is 34.9 Å². The molecule has 0 spiro atoms. The zero-order valence-corrected chi connectivity index (χ0v) is 12.4. The number of hydrogen-bond acceptors (Lipinski definition) is 2. The normalized spacial score (nSPS) is 13.1. The lowest BCUT2D eigenvalue weighted by Crippen LogP contribution is -2.34. The van der Waals surface area contributed by atoms with Gasteiger partial charge in [-0.25, -0.2) is 0 Å². The van der Waals surface area contributed by atoms with Crippen LogP contribution in [0.25, 0.3) is 0 Å². The first-order valence-corrected chi connectivity index (χ1v) is 6.79. The lowest BCUT2D eigenvalue weighted by Gasteiger charge is -2.27. The Bertz CT molecular complexity index is 403. The van der Waals surface area contributed by atoms with E-state index in [1.165, 1.54) is 0 Å². The molecule has 1 unspecified atom stereocenters. The first-order chi connectivity index (χ1) is 8.43. The van der Waals surface area contributed by atoms with Crippen molar-refractivity contribution in [3.63, 3.8) is 0 Å². The summed E-state index contributed by atoms with van der Waals surface area (Å²) in [6.07, 6.45) is 0.511. The van der Waals surface area contributed by atoms with Crippen LogP contribution in [0.2, 0.25) is 5.02 Å². The molecule has 0 aliphatic carbocycles. The molecule has 1 aromatic carbocycles. The molecule has 0 bridgehead atoms. The Labute approximate surface area is 115 Å². The highest BCUT2D eigenvalue weighted by atomic mass is 35.5. The van der Waals surface area contributed by atoms with Crippen molar-refractivity contribution in [1.29, 1.82) is 0 Å². The number of halogens is 1. The van der Waals surface area contributed by atoms with Gasteiger partial charge in [0, 0.05) is 24.6 Å². The van der Waals surface area contributed by atoms with Crippen molar-refractivity contribution >= 4 is 17.4 Å². The number of benzene rings is 1. The Kier molecular flexibility index (Phi) is 5.83. The summed E-state index contributed by atoms with van der Waals surface area (Å²) in [6.45, 7) is 7.34. The van der Waals surface area contributed by atoms with E-state index in [0.29, 0.717) is 29.0 Å². The van der Waals surface area contributed by atoms with Crippen molar-refractivity contribution in [2.24, 2.45) is 5.92 Å². The molecule has 18 heavy (non-hydrogen) atoms. The molecule has 1 atom stereocenters. The van der Waals surface area contributed by atoms with Crippen LogP contribution in [0.4, 0.5) is 0 Å². The third-order valence-electron chi connectivity index (χ3n) is 3.53. The highest BCUT2D eigenvalue weighted by molar-refractivity contribution is 6.33. The Morgan fingerprint density at radius 3 is 2.44 bits per heavy atom. The van der Waals surface area contributed by atoms with E-state index in [-0.39, 0.29) is 5.78 Å². The van der Waals surface area contributed by atoms with Crippen molar-refractivity contribution in [2.75, 3.05) is 13.6 Å². The highest BCUT2D eigenvalue weighted by Crippen LogP contribution is 2.17. The number of nitrogens with zero attached hydrogens (tertiary/aromatic N) is 1. The number of Topliss-reactive ketones (excluding diaryl/α,β-unsaturated/α-hetero) is 1. The van der Waals surface area contributed by atoms with Gasteiger partial charge in [-0.2, -0.15) is 0 Å². The van der Waals surface area contributed by atoms with Gasteiger partial charge < -0.3 is 4.90 Å². The smallest absolute Gasteiger partial charge is 0.165 e. The molecule has 1 rings (SSSR count). The molecule has 0 N–H and O–H groups in total. The van der Waals surface area contributed by atoms with Crippen molar-refractivity contribution < 1.29 is 4.79 Å². The summed E-state index contributed by atoms with van der Waals surface area (Å²) in [4.78, 5) is 14.3. The second-order valence-electron chi connectivity index (χ2n) is 5.12. The molecule has 0 saturated heterocycles. The Balaban J connectivity index is 2.54. The number of carbonyl (C=O) groups excluding carboxylic acids is 1. The van der Waals surface area contributed by atoms with E-state index in [1.54, 1.807) is 12.1 Å². The van der Waals surface area contributed by atoms with Crippen LogP contribution in [0.3, 0.4) is 0 Å². The summed E-state index contributed by atoms with van der Waals surface area (Å²) in [6, 6.07) is 7.71. The maximum atomic E-state index is 12.1. The summed E-state index contributed by atoms with van der Waals surface area (Å²) in [5.74, 6) is 0.703. The maximum Gasteiger partial charge on any atom is 0.165 e. The van der Waals surface area contributed by atoms with Crippen LogP contribution in [0.5, 0.6) is 0 Å². The molecule has 100 valence electrons. The van der Waals surface area contributed by atoms with Crippen LogP contribution in [0.15, 0.2) is 24.3 Å². The third-order valence-corrected chi connectivity index (χ3v) is 3.86. The molecule has 0 aliphatic rings. The fourth-order valence-electron chi connectivity index (χ4n) is 1.81. The van der Waals surface area contributed by atoms with E-state index >= 15 is 0 Å². The number of carbonyl (C=O) groups is 1. The average Bonchev–Trinajstić information content (AvgIpc) is 2.35. The molecule has 2 nitrogen and oxygen atoms in total. The maximum absolute atomic E-state index is 12.1. The van der Waals surface area contributed by atoms with E-state index in [1.807, 2.05) is 12.1 Å². The minimum Gasteiger partial charge on any atom is -0.303 e. The van der Waals surface area contributed by atoms with Gasteiger partial charge in [-0.1, -0.05) is 37.6 Å². The van der Waals surface area contributed by atoms with Crippen LogP contribution < -0.4 is 0 Å². The molecule has 0 fully saturated rings. The summed E-state index contributed by atoms with van der Waals surface area (Å²) in [7, 11) is 2.06. The molecule has 0 radical (unpaired) electrons. The van der Waals surface area contributed by atoms with Crippen LogP contribution >= 0.6 is 11.6 Å². The number of rotatable bonds is 6. The van der Waals surface area contributed by atoms with E-state index in [4.69, 9.17) is 11.6 Å². The molecule has 0 aromatic heterocycles. The van der Waals surface area contributed by atoms with Gasteiger partial charge in [-0.15, -0.1) is 0 Å². The minimum atomic E-state index is 0.114. The monoisotopic (exact) mass is 267 g/mol. The summed E-state index contributed by atoms with van der Waals surface area (Å²) >= 11 is 6.01. The molecular weight excluding hydrogens is 246 g/mol. The standard InChI is InChI=1S/C15H22ClNO/c1-11(2)12(3)17(4)10-9-15(18)13-7-5-6-8-14(13)16/h5-8,11-12H,9-10H2,1-4H3. The minimum absolute atomic E-state index is 0.114. The first-order valence-electron chi connectivity index (χ1n) is 6.41. The molecule has 3 heteroatoms. The average molecular weight is 268 g/mol. The number of hydrogen-bond donors (Lipinski definition) is 0. The van der Waals surface area contributed by atoms with Gasteiger partial charge in [0.2, 0.25) is 0 Å². The molecule has 0 heterocycles. The van der Waals surface area contributed by atoms with Gasteiger partial charge in [0.25, 0.3) is 0 Å². The molecule has 0 amide bonds. The van der Waals surface area contributed by atoms with E-state index < -0.39 is 0 Å². The van der Waals surface area contributed by atoms with Gasteiger partial charge >= 0.3 is 0 Å². The van der Waals surface area contributed by atoms with Crippen molar-refractivity contribution in [2.45, 2.75) is 33.2 Å². The number of ketones is 1. The summed E-state index contributed by atoms with van der Waals surface area (Å²) < 4.78 is 0. The van der Waals surface area contributed by atoms with Gasteiger partial charge in [0.1, 0.15) is 0 Å². The zero-order chi connectivity index (χ0) is 13.7. The van der Waals surface area contributed by atoms with E-state index in [0.717, 1.165) is 6.54 Å². The van der Waals surface area contributed by atoms with Gasteiger partial charge in [-0.05, 0) is 32.0 Å². The largest absolute Gasteiger partial charge is 0.303 e. The second-order valence-corrected chi connectivity index (χ2v) is 5.53. The molecule has 0 aliphatic heterocycles. The van der Waals surface area contributed by atoms with E-state index in [9.17, 15) is 4.79 Å². The Hall–Kier alpha value is -0.860. The van der Waals surface area contributed by atoms with Crippen LogP contribution in [0.1, 0.15) is 37.6 Å². The van der Waals surface area contributed by atoms with Crippen LogP contribution in [-0.2, 0) is 0 Å². The topological polar surface area (TPSA) is 20.3 Å². The van der Waals surface area contributed by atoms with Gasteiger partial charge in [0.05, 0.1) is 5.02 Å². The Morgan fingerprint density at radius 1 is 1.28 bits per heavy atom. The molecule has 0 saturated carbocycles. The van der Waals surface area contributed by atoms with Crippen LogP contribution in [0, 0.1) is 5.92 Å². The van der Waals surface area contributed by atoms with Crippen molar-refractivity contribution in [3.8, 4) is 0 Å². The lowest BCUT2D eigenvalue weighted by molar-refractivity contribution is 0.0955. The first kappa shape index (κ1) is 15.2. The second kappa shape index (κ2) is 6.91. The van der Waals surface area contributed by atoms with Gasteiger partial charge in [0.15, 0.2) is 5.78 Å². The molecular formula is C15H22ClNO. The quantitative estimate of drug-likeness (QED) is 0.729. The highest BCUT2D eigenvalue weighted by Gasteiger charge is 2.15. The lowest BCUT2D eigenvalue weighted by atomic mass is 10.0. The summed E-state index contributed by atoms with van der Waals surface area (Å²) in [5, 5.41) is 0.544. The fourth-order valence-corrected chi connectivity index (χ4v) is 2.05. The van der Waals surface area contributed by atoms with Gasteiger partial charge in [-0.3, -0.25) is 4.79 Å². The SMILES string of the molecule is CC(C)C(C)N(C)CCC(=O)c1ccccc1Cl. The third kappa shape index (κ3) is 4.11. The van der Waals surface area contributed by atoms with Crippen molar-refractivity contribution in [1.82, 2.24) is 4.90 Å². The predicted octanol–water partition coefficient (Wildman–Crippen LogP) is 3.89. The van der Waals surface area contributed by atoms with E-state index in [2.05, 4.69) is 32.7 Å². The zero-order valence-electron chi connectivity index (χ0n) is 11.6. The van der Waals surface area contributed by atoms with Crippen LogP contribution in [-0.4, -0.2) is 30.3 Å². The predicted molar refractivity (Wildman–Crippen MR) is 77.3 cm³/mol. The fraction of sp³-hybridized carbons (Fsp3) is 0.533. The Morgan fingerprint density at radius 2 is 1.89 bits per heavy atom. The molecule has 1 aromatic rings. The summed E-state index contributed by atoms with van der Waals surface area (Å²) in [5.41, 5.74) is 0.629.